The number of carbonyl (C=O) groups excluding carboxylic acids is 2. The highest BCUT2D eigenvalue weighted by Gasteiger charge is 2.56. The molecule has 3 N–H and O–H groups in total. The Morgan fingerprint density at radius 3 is 2.54 bits per heavy atom. The van der Waals surface area contributed by atoms with Gasteiger partial charge >= 0.3 is 12.3 Å². The minimum atomic E-state index is -4.80. The fourth-order valence-corrected chi connectivity index (χ4v) is 6.52. The van der Waals surface area contributed by atoms with Crippen molar-refractivity contribution in [2.45, 2.75) is 64.6 Å². The van der Waals surface area contributed by atoms with E-state index in [2.05, 4.69) is 10.4 Å². The summed E-state index contributed by atoms with van der Waals surface area (Å²) in [7, 11) is 0. The highest BCUT2D eigenvalue weighted by atomic mass is 19.4. The molecule has 0 radical (unpaired) electrons. The third-order valence-corrected chi connectivity index (χ3v) is 7.73. The molecule has 8 nitrogen and oxygen atoms in total. The van der Waals surface area contributed by atoms with Crippen LogP contribution in [-0.4, -0.2) is 34.4 Å². The Bertz CT molecular complexity index is 1060. The lowest BCUT2D eigenvalue weighted by Crippen LogP contribution is -2.60. The van der Waals surface area contributed by atoms with Crippen LogP contribution in [0.15, 0.2) is 12.3 Å². The lowest BCUT2D eigenvalue weighted by atomic mass is 9.48. The van der Waals surface area contributed by atoms with Gasteiger partial charge < -0.3 is 15.8 Å². The smallest absolute Gasteiger partial charge is 0.434 e. The second-order valence-electron chi connectivity index (χ2n) is 11.1. The second-order valence-corrected chi connectivity index (χ2v) is 11.1. The molecule has 0 aromatic carbocycles. The van der Waals surface area contributed by atoms with Gasteiger partial charge in [0, 0.05) is 24.1 Å². The second kappa shape index (κ2) is 8.88. The van der Waals surface area contributed by atoms with Crippen LogP contribution < -0.4 is 11.1 Å². The van der Waals surface area contributed by atoms with Crippen molar-refractivity contribution in [1.29, 1.82) is 5.26 Å². The summed E-state index contributed by atoms with van der Waals surface area (Å²) in [6.07, 6.45) is 2.28. The van der Waals surface area contributed by atoms with E-state index >= 15 is 0 Å². The number of alkyl halides is 3. The Hall–Kier alpha value is -3.03. The fraction of sp³-hybridized carbons (Fsp3) is 0.667. The van der Waals surface area contributed by atoms with Crippen molar-refractivity contribution in [1.82, 2.24) is 15.1 Å². The van der Waals surface area contributed by atoms with Gasteiger partial charge in [0.1, 0.15) is 0 Å². The summed E-state index contributed by atoms with van der Waals surface area (Å²) in [4.78, 5) is 24.2. The van der Waals surface area contributed by atoms with Crippen LogP contribution >= 0.6 is 0 Å². The van der Waals surface area contributed by atoms with Gasteiger partial charge in [-0.3, -0.25) is 4.79 Å². The van der Waals surface area contributed by atoms with Crippen LogP contribution in [0.1, 0.15) is 68.4 Å². The van der Waals surface area contributed by atoms with Gasteiger partial charge in [0.05, 0.1) is 24.4 Å². The molecule has 2 amide bonds. The number of amides is 2. The van der Waals surface area contributed by atoms with Crippen molar-refractivity contribution < 1.29 is 27.5 Å². The number of allylic oxidation sites excluding steroid dienone is 1. The highest BCUT2D eigenvalue weighted by Crippen LogP contribution is 2.60. The first-order valence-corrected chi connectivity index (χ1v) is 11.8. The zero-order chi connectivity index (χ0) is 25.6. The SMILES string of the molecule is CC(C)(C=Cn1ncc(C(=O)NC2C3CC4CC2CC(COC(N)=O)(C4)C3)c1C(F)(F)F)CC#N. The molecule has 190 valence electrons. The van der Waals surface area contributed by atoms with E-state index in [-0.39, 0.29) is 36.3 Å². The van der Waals surface area contributed by atoms with Crippen molar-refractivity contribution >= 4 is 18.2 Å². The Morgan fingerprint density at radius 2 is 1.97 bits per heavy atom. The maximum atomic E-state index is 14.0. The van der Waals surface area contributed by atoms with Gasteiger partial charge in [-0.25, -0.2) is 9.48 Å². The monoisotopic (exact) mass is 493 g/mol. The zero-order valence-electron chi connectivity index (χ0n) is 19.8. The molecule has 4 aliphatic carbocycles. The molecule has 2 unspecified atom stereocenters. The van der Waals surface area contributed by atoms with Gasteiger partial charge in [-0.05, 0) is 55.3 Å². The van der Waals surface area contributed by atoms with Gasteiger partial charge in [0.2, 0.25) is 0 Å². The summed E-state index contributed by atoms with van der Waals surface area (Å²) in [6, 6.07) is 1.76. The van der Waals surface area contributed by atoms with Crippen LogP contribution in [-0.2, 0) is 10.9 Å². The number of nitrogens with one attached hydrogen (secondary N) is 1. The first-order valence-electron chi connectivity index (χ1n) is 11.8. The van der Waals surface area contributed by atoms with Crippen molar-refractivity contribution in [2.75, 3.05) is 6.61 Å². The number of nitriles is 1. The maximum Gasteiger partial charge on any atom is 0.434 e. The first kappa shape index (κ1) is 25.1. The van der Waals surface area contributed by atoms with Crippen molar-refractivity contribution in [3.8, 4) is 6.07 Å². The molecular weight excluding hydrogens is 463 g/mol. The molecule has 11 heteroatoms. The van der Waals surface area contributed by atoms with E-state index in [4.69, 9.17) is 15.7 Å². The van der Waals surface area contributed by atoms with Gasteiger partial charge in [-0.2, -0.15) is 23.5 Å². The Morgan fingerprint density at radius 1 is 1.31 bits per heavy atom. The summed E-state index contributed by atoms with van der Waals surface area (Å²) >= 11 is 0. The number of rotatable bonds is 7. The summed E-state index contributed by atoms with van der Waals surface area (Å²) in [5.41, 5.74) is 2.66. The van der Waals surface area contributed by atoms with Crippen LogP contribution in [0, 0.1) is 39.9 Å². The van der Waals surface area contributed by atoms with E-state index in [1.165, 1.54) is 6.08 Å². The maximum absolute atomic E-state index is 14.0. The molecule has 4 saturated carbocycles. The first-order chi connectivity index (χ1) is 16.3. The lowest BCUT2D eigenvalue weighted by molar-refractivity contribution is -0.142. The number of carbonyl (C=O) groups is 2. The largest absolute Gasteiger partial charge is 0.449 e. The predicted molar refractivity (Wildman–Crippen MR) is 119 cm³/mol. The van der Waals surface area contributed by atoms with Crippen molar-refractivity contribution in [2.24, 2.45) is 34.3 Å². The zero-order valence-corrected chi connectivity index (χ0v) is 19.8. The number of nitrogens with zero attached hydrogens (tertiary/aromatic N) is 3. The summed E-state index contributed by atoms with van der Waals surface area (Å²) in [5.74, 6) is -0.129. The highest BCUT2D eigenvalue weighted by molar-refractivity contribution is 5.95. The molecule has 4 fully saturated rings. The molecular formula is C24H30F3N5O3. The predicted octanol–water partition coefficient (Wildman–Crippen LogP) is 4.33. The lowest BCUT2D eigenvalue weighted by Gasteiger charge is -2.59. The minimum Gasteiger partial charge on any atom is -0.449 e. The van der Waals surface area contributed by atoms with Gasteiger partial charge in [0.25, 0.3) is 5.91 Å². The van der Waals surface area contributed by atoms with Crippen LogP contribution in [0.5, 0.6) is 0 Å². The van der Waals surface area contributed by atoms with Gasteiger partial charge in [-0.15, -0.1) is 0 Å². The van der Waals surface area contributed by atoms with E-state index in [0.29, 0.717) is 10.6 Å². The van der Waals surface area contributed by atoms with Crippen LogP contribution in [0.4, 0.5) is 18.0 Å². The molecule has 0 aliphatic heterocycles. The van der Waals surface area contributed by atoms with Crippen LogP contribution in [0.25, 0.3) is 6.20 Å². The molecule has 1 aromatic heterocycles. The molecule has 1 aromatic rings. The molecule has 0 saturated heterocycles. The van der Waals surface area contributed by atoms with Crippen molar-refractivity contribution in [3.05, 3.63) is 23.5 Å². The number of hydrogen-bond donors (Lipinski definition) is 2. The average molecular weight is 494 g/mol. The van der Waals surface area contributed by atoms with Crippen molar-refractivity contribution in [3.63, 3.8) is 0 Å². The number of nitrogens with two attached hydrogens (primary N) is 1. The molecule has 4 aliphatic rings. The van der Waals surface area contributed by atoms with E-state index in [1.54, 1.807) is 13.8 Å². The van der Waals surface area contributed by atoms with E-state index in [9.17, 15) is 22.8 Å². The Kier molecular flexibility index (Phi) is 6.36. The summed E-state index contributed by atoms with van der Waals surface area (Å²) < 4.78 is 47.7. The minimum absolute atomic E-state index is 0.109. The number of halogens is 3. The quantitative estimate of drug-likeness (QED) is 0.585. The van der Waals surface area contributed by atoms with Crippen LogP contribution in [0.3, 0.4) is 0 Å². The number of hydrogen-bond acceptors (Lipinski definition) is 5. The summed E-state index contributed by atoms with van der Waals surface area (Å²) in [6.45, 7) is 3.70. The molecule has 5 rings (SSSR count). The number of ether oxygens (including phenoxy) is 1. The third kappa shape index (κ3) is 5.16. The van der Waals surface area contributed by atoms with E-state index in [0.717, 1.165) is 44.5 Å². The standard InChI is InChI=1S/C24H30F3N5O3/c1-22(2,3-5-28)4-6-32-19(24(25,26)27)17(12-30-32)20(33)31-18-15-7-14-8-16(18)11-23(9-14,10-15)13-35-21(29)34/h4,6,12,14-16,18H,3,7-11,13H2,1-2H3,(H2,29,34)(H,31,33). The van der Waals surface area contributed by atoms with Crippen LogP contribution in [0.2, 0.25) is 0 Å². The van der Waals surface area contributed by atoms with E-state index in [1.807, 2.05) is 6.07 Å². The molecule has 35 heavy (non-hydrogen) atoms. The average Bonchev–Trinajstić information content (AvgIpc) is 3.18. The topological polar surface area (TPSA) is 123 Å². The Labute approximate surface area is 201 Å². The Balaban J connectivity index is 1.53. The van der Waals surface area contributed by atoms with Gasteiger partial charge in [0.15, 0.2) is 5.69 Å². The fourth-order valence-electron chi connectivity index (χ4n) is 6.52. The number of aromatic nitrogens is 2. The molecule has 2 atom stereocenters. The number of primary amides is 1. The molecule has 0 spiro atoms. The molecule has 4 bridgehead atoms. The summed E-state index contributed by atoms with van der Waals surface area (Å²) in [5, 5.41) is 15.6. The van der Waals surface area contributed by atoms with E-state index < -0.39 is 34.8 Å². The third-order valence-electron chi connectivity index (χ3n) is 7.73. The van der Waals surface area contributed by atoms with Gasteiger partial charge in [-0.1, -0.05) is 19.9 Å². The normalized spacial score (nSPS) is 29.8. The molecule has 1 heterocycles.